The number of carbonyl (C=O) groups excluding carboxylic acids is 2. The van der Waals surface area contributed by atoms with Crippen molar-refractivity contribution in [3.63, 3.8) is 0 Å². The average Bonchev–Trinajstić information content (AvgIpc) is 3.27. The van der Waals surface area contributed by atoms with Gasteiger partial charge in [-0.3, -0.25) is 4.79 Å². The summed E-state index contributed by atoms with van der Waals surface area (Å²) < 4.78 is 5.02. The van der Waals surface area contributed by atoms with Crippen molar-refractivity contribution in [1.29, 1.82) is 0 Å². The van der Waals surface area contributed by atoms with E-state index in [1.807, 2.05) is 17.5 Å². The van der Waals surface area contributed by atoms with E-state index in [1.54, 1.807) is 31.2 Å². The molecule has 0 atom stereocenters. The largest absolute Gasteiger partial charge is 0.451 e. The van der Waals surface area contributed by atoms with E-state index in [9.17, 15) is 9.59 Å². The van der Waals surface area contributed by atoms with E-state index in [1.165, 1.54) is 16.1 Å². The highest BCUT2D eigenvalue weighted by molar-refractivity contribution is 7.09. The highest BCUT2D eigenvalue weighted by Gasteiger charge is 2.19. The Bertz CT molecular complexity index is 924. The van der Waals surface area contributed by atoms with Crippen molar-refractivity contribution in [2.75, 3.05) is 6.61 Å². The van der Waals surface area contributed by atoms with Gasteiger partial charge in [-0.25, -0.2) is 4.79 Å². The van der Waals surface area contributed by atoms with Crippen LogP contribution < -0.4 is 5.32 Å². The Kier molecular flexibility index (Phi) is 5.65. The maximum Gasteiger partial charge on any atom is 0.361 e. The minimum Gasteiger partial charge on any atom is -0.451 e. The topological polar surface area (TPSA) is 86.1 Å². The van der Waals surface area contributed by atoms with Gasteiger partial charge in [-0.1, -0.05) is 23.7 Å². The maximum atomic E-state index is 12.2. The second-order valence-corrected chi connectivity index (χ2v) is 6.80. The molecule has 134 valence electrons. The zero-order valence-corrected chi connectivity index (χ0v) is 15.4. The number of hydrogen-bond acceptors (Lipinski definition) is 6. The normalized spacial score (nSPS) is 10.5. The molecular formula is C17H15ClN4O3S. The Hall–Kier alpha value is -2.71. The molecule has 0 bridgehead atoms. The number of aryl methyl sites for hydroxylation is 1. The first kappa shape index (κ1) is 18.1. The van der Waals surface area contributed by atoms with Gasteiger partial charge in [-0.15, -0.1) is 16.4 Å². The second kappa shape index (κ2) is 8.11. The van der Waals surface area contributed by atoms with Gasteiger partial charge in [-0.2, -0.15) is 9.90 Å². The van der Waals surface area contributed by atoms with Crippen LogP contribution in [0.3, 0.4) is 0 Å². The number of esters is 1. The van der Waals surface area contributed by atoms with Crippen LogP contribution in [0.4, 0.5) is 0 Å². The standard InChI is InChI=1S/C17H15ClN4O3S/c1-11-16(21-22(20-11)13-5-2-4-12(18)8-13)17(24)25-10-15(23)19-9-14-6-3-7-26-14/h2-8H,9-10H2,1H3,(H,19,23). The summed E-state index contributed by atoms with van der Waals surface area (Å²) in [6.45, 7) is 1.66. The van der Waals surface area contributed by atoms with Crippen molar-refractivity contribution in [3.8, 4) is 5.69 Å². The molecule has 0 fully saturated rings. The van der Waals surface area contributed by atoms with Crippen molar-refractivity contribution in [1.82, 2.24) is 20.3 Å². The lowest BCUT2D eigenvalue weighted by molar-refractivity contribution is -0.124. The highest BCUT2D eigenvalue weighted by atomic mass is 35.5. The number of rotatable bonds is 6. The number of ether oxygens (including phenoxy) is 1. The lowest BCUT2D eigenvalue weighted by atomic mass is 10.3. The third-order valence-corrected chi connectivity index (χ3v) is 4.50. The summed E-state index contributed by atoms with van der Waals surface area (Å²) in [6.07, 6.45) is 0. The zero-order valence-electron chi connectivity index (χ0n) is 13.8. The molecule has 9 heteroatoms. The lowest BCUT2D eigenvalue weighted by Crippen LogP contribution is -2.28. The Morgan fingerprint density at radius 2 is 2.12 bits per heavy atom. The molecule has 0 aliphatic rings. The van der Waals surface area contributed by atoms with E-state index in [4.69, 9.17) is 16.3 Å². The lowest BCUT2D eigenvalue weighted by Gasteiger charge is -2.04. The summed E-state index contributed by atoms with van der Waals surface area (Å²) in [5, 5.41) is 13.5. The Morgan fingerprint density at radius 3 is 2.85 bits per heavy atom. The first-order chi connectivity index (χ1) is 12.5. The fraction of sp³-hybridized carbons (Fsp3) is 0.176. The van der Waals surface area contributed by atoms with E-state index in [0.29, 0.717) is 22.9 Å². The van der Waals surface area contributed by atoms with E-state index >= 15 is 0 Å². The maximum absolute atomic E-state index is 12.2. The monoisotopic (exact) mass is 390 g/mol. The van der Waals surface area contributed by atoms with Crippen LogP contribution in [-0.2, 0) is 16.1 Å². The molecule has 1 amide bonds. The average molecular weight is 391 g/mol. The van der Waals surface area contributed by atoms with Gasteiger partial charge >= 0.3 is 5.97 Å². The van der Waals surface area contributed by atoms with Crippen LogP contribution in [0, 0.1) is 6.92 Å². The van der Waals surface area contributed by atoms with Crippen LogP contribution >= 0.6 is 22.9 Å². The minimum absolute atomic E-state index is 0.0519. The Labute approximate surface area is 158 Å². The summed E-state index contributed by atoms with van der Waals surface area (Å²) in [4.78, 5) is 26.3. The molecular weight excluding hydrogens is 376 g/mol. The first-order valence-corrected chi connectivity index (χ1v) is 8.95. The summed E-state index contributed by atoms with van der Waals surface area (Å²) >= 11 is 7.49. The second-order valence-electron chi connectivity index (χ2n) is 5.34. The Morgan fingerprint density at radius 1 is 1.27 bits per heavy atom. The minimum atomic E-state index is -0.706. The fourth-order valence-corrected chi connectivity index (χ4v) is 2.96. The van der Waals surface area contributed by atoms with Crippen LogP contribution in [-0.4, -0.2) is 33.5 Å². The van der Waals surface area contributed by atoms with E-state index in [-0.39, 0.29) is 18.2 Å². The Balaban J connectivity index is 1.58. The molecule has 0 saturated heterocycles. The predicted octanol–water partition coefficient (Wildman–Crippen LogP) is 2.76. The molecule has 0 saturated carbocycles. The van der Waals surface area contributed by atoms with Crippen molar-refractivity contribution < 1.29 is 14.3 Å². The number of thiophene rings is 1. The number of hydrogen-bond donors (Lipinski definition) is 1. The molecule has 1 aromatic carbocycles. The van der Waals surface area contributed by atoms with Crippen LogP contribution in [0.1, 0.15) is 21.1 Å². The quantitative estimate of drug-likeness (QED) is 0.654. The molecule has 0 aliphatic carbocycles. The SMILES string of the molecule is Cc1nn(-c2cccc(Cl)c2)nc1C(=O)OCC(=O)NCc1cccs1. The molecule has 0 radical (unpaired) electrons. The molecule has 1 N–H and O–H groups in total. The van der Waals surface area contributed by atoms with Gasteiger partial charge in [0.2, 0.25) is 0 Å². The number of aromatic nitrogens is 3. The van der Waals surface area contributed by atoms with Crippen molar-refractivity contribution >= 4 is 34.8 Å². The van der Waals surface area contributed by atoms with E-state index in [2.05, 4.69) is 15.5 Å². The van der Waals surface area contributed by atoms with Gasteiger partial charge in [0, 0.05) is 9.90 Å². The zero-order chi connectivity index (χ0) is 18.5. The number of benzene rings is 1. The summed E-state index contributed by atoms with van der Waals surface area (Å²) in [6, 6.07) is 10.7. The first-order valence-electron chi connectivity index (χ1n) is 7.69. The molecule has 0 spiro atoms. The molecule has 7 nitrogen and oxygen atoms in total. The number of nitrogens with one attached hydrogen (secondary N) is 1. The number of carbonyl (C=O) groups is 2. The fourth-order valence-electron chi connectivity index (χ4n) is 2.13. The van der Waals surface area contributed by atoms with Gasteiger partial charge in [-0.05, 0) is 36.6 Å². The molecule has 26 heavy (non-hydrogen) atoms. The molecule has 2 aromatic heterocycles. The molecule has 2 heterocycles. The van der Waals surface area contributed by atoms with Crippen molar-refractivity contribution in [2.45, 2.75) is 13.5 Å². The predicted molar refractivity (Wildman–Crippen MR) is 97.6 cm³/mol. The number of nitrogens with zero attached hydrogens (tertiary/aromatic N) is 3. The molecule has 3 aromatic rings. The third kappa shape index (κ3) is 4.47. The van der Waals surface area contributed by atoms with Gasteiger partial charge in [0.05, 0.1) is 17.9 Å². The summed E-state index contributed by atoms with van der Waals surface area (Å²) in [5.41, 5.74) is 1.07. The van der Waals surface area contributed by atoms with Crippen LogP contribution in [0.25, 0.3) is 5.69 Å². The van der Waals surface area contributed by atoms with Crippen LogP contribution in [0.15, 0.2) is 41.8 Å². The van der Waals surface area contributed by atoms with Crippen molar-refractivity contribution in [3.05, 3.63) is 63.1 Å². The smallest absolute Gasteiger partial charge is 0.361 e. The number of halogens is 1. The van der Waals surface area contributed by atoms with E-state index in [0.717, 1.165) is 4.88 Å². The van der Waals surface area contributed by atoms with Gasteiger partial charge in [0.25, 0.3) is 5.91 Å². The summed E-state index contributed by atoms with van der Waals surface area (Å²) in [7, 11) is 0. The molecule has 3 rings (SSSR count). The number of amides is 1. The van der Waals surface area contributed by atoms with Crippen molar-refractivity contribution in [2.24, 2.45) is 0 Å². The molecule has 0 unspecified atom stereocenters. The van der Waals surface area contributed by atoms with Gasteiger partial charge < -0.3 is 10.1 Å². The summed E-state index contributed by atoms with van der Waals surface area (Å²) in [5.74, 6) is -1.09. The molecule has 0 aliphatic heterocycles. The third-order valence-electron chi connectivity index (χ3n) is 3.39. The van der Waals surface area contributed by atoms with Crippen LogP contribution in [0.5, 0.6) is 0 Å². The van der Waals surface area contributed by atoms with Gasteiger partial charge in [0.15, 0.2) is 12.3 Å². The highest BCUT2D eigenvalue weighted by Crippen LogP contribution is 2.15. The van der Waals surface area contributed by atoms with E-state index < -0.39 is 5.97 Å². The van der Waals surface area contributed by atoms with Crippen LogP contribution in [0.2, 0.25) is 5.02 Å². The van der Waals surface area contributed by atoms with Gasteiger partial charge in [0.1, 0.15) is 0 Å².